The summed E-state index contributed by atoms with van der Waals surface area (Å²) in [6.45, 7) is -0.101. The predicted molar refractivity (Wildman–Crippen MR) is 173 cm³/mol. The number of aliphatic hydroxyl groups excluding tert-OH is 1. The molecule has 48 heavy (non-hydrogen) atoms. The van der Waals surface area contributed by atoms with E-state index in [1.165, 1.54) is 6.20 Å². The Bertz CT molecular complexity index is 1760. The predicted octanol–water partition coefficient (Wildman–Crippen LogP) is 0.381. The summed E-state index contributed by atoms with van der Waals surface area (Å²) in [6, 6.07) is 23.9. The molecule has 1 fully saturated rings. The van der Waals surface area contributed by atoms with Gasteiger partial charge in [-0.15, -0.1) is 0 Å². The molecule has 1 aliphatic rings. The highest BCUT2D eigenvalue weighted by Gasteiger charge is 2.48. The van der Waals surface area contributed by atoms with E-state index in [1.807, 2.05) is 54.6 Å². The van der Waals surface area contributed by atoms with Crippen LogP contribution in [0, 0.1) is 0 Å². The number of hydrogen-bond donors (Lipinski definition) is 5. The summed E-state index contributed by atoms with van der Waals surface area (Å²) in [5, 5.41) is 16.4. The number of nitrogens with zero attached hydrogens (tertiary/aromatic N) is 1. The number of ether oxygens (including phenoxy) is 4. The van der Waals surface area contributed by atoms with Gasteiger partial charge in [-0.3, -0.25) is 23.9 Å². The van der Waals surface area contributed by atoms with Crippen LogP contribution in [0.15, 0.2) is 101 Å². The van der Waals surface area contributed by atoms with E-state index in [2.05, 4.69) is 15.6 Å². The molecular formula is C34H37N5O9. The Hall–Kier alpha value is -5.28. The zero-order valence-corrected chi connectivity index (χ0v) is 26.3. The lowest BCUT2D eigenvalue weighted by Gasteiger charge is -2.37. The fraction of sp³-hybridized carbons (Fsp3) is 0.294. The van der Waals surface area contributed by atoms with E-state index in [1.54, 1.807) is 38.5 Å². The van der Waals surface area contributed by atoms with E-state index in [0.717, 1.165) is 27.3 Å². The average molecular weight is 660 g/mol. The van der Waals surface area contributed by atoms with Crippen molar-refractivity contribution < 1.29 is 33.6 Å². The SMILES string of the molecule is COc1ccc(C(OC[C@H]2O[C@@H](n3ccc(=O)[nH]c3=O)[C@H](NC(=O)C(=O)NCCN)[C@@H]2O)(c2ccccc2)c2ccc(OC)cc2)cc1. The molecule has 2 heterocycles. The van der Waals surface area contributed by atoms with E-state index in [-0.39, 0.29) is 19.7 Å². The molecule has 1 saturated heterocycles. The van der Waals surface area contributed by atoms with Crippen molar-refractivity contribution in [1.29, 1.82) is 0 Å². The molecule has 4 aromatic rings. The molecule has 0 bridgehead atoms. The van der Waals surface area contributed by atoms with E-state index in [4.69, 9.17) is 24.7 Å². The molecule has 14 nitrogen and oxygen atoms in total. The highest BCUT2D eigenvalue weighted by Crippen LogP contribution is 2.42. The van der Waals surface area contributed by atoms with Crippen molar-refractivity contribution in [2.24, 2.45) is 5.73 Å². The number of aromatic amines is 1. The number of aliphatic hydroxyl groups is 1. The number of methoxy groups -OCH3 is 2. The van der Waals surface area contributed by atoms with E-state index in [9.17, 15) is 24.3 Å². The maximum atomic E-state index is 12.8. The minimum Gasteiger partial charge on any atom is -0.497 e. The van der Waals surface area contributed by atoms with Gasteiger partial charge < -0.3 is 40.4 Å². The van der Waals surface area contributed by atoms with Gasteiger partial charge in [-0.2, -0.15) is 0 Å². The summed E-state index contributed by atoms with van der Waals surface area (Å²) in [7, 11) is 3.14. The highest BCUT2D eigenvalue weighted by molar-refractivity contribution is 6.35. The molecule has 0 aliphatic carbocycles. The zero-order valence-electron chi connectivity index (χ0n) is 26.3. The lowest BCUT2D eigenvalue weighted by atomic mass is 9.80. The van der Waals surface area contributed by atoms with Gasteiger partial charge in [0, 0.05) is 25.4 Å². The van der Waals surface area contributed by atoms with Gasteiger partial charge >= 0.3 is 17.5 Å². The third-order valence-electron chi connectivity index (χ3n) is 8.07. The molecule has 0 spiro atoms. The number of aromatic nitrogens is 2. The van der Waals surface area contributed by atoms with Crippen molar-refractivity contribution in [3.05, 3.63) is 129 Å². The molecule has 1 aliphatic heterocycles. The van der Waals surface area contributed by atoms with Crippen LogP contribution in [0.5, 0.6) is 11.5 Å². The summed E-state index contributed by atoms with van der Waals surface area (Å²) in [4.78, 5) is 52.0. The number of amides is 2. The van der Waals surface area contributed by atoms with Crippen molar-refractivity contribution in [3.63, 3.8) is 0 Å². The monoisotopic (exact) mass is 659 g/mol. The molecule has 6 N–H and O–H groups in total. The normalized spacial score (nSPS) is 19.0. The maximum Gasteiger partial charge on any atom is 0.330 e. The number of nitrogens with two attached hydrogens (primary N) is 1. The molecule has 14 heteroatoms. The number of H-pyrrole nitrogens is 1. The van der Waals surface area contributed by atoms with Crippen molar-refractivity contribution in [2.75, 3.05) is 33.9 Å². The lowest BCUT2D eigenvalue weighted by Crippen LogP contribution is -2.52. The number of rotatable bonds is 12. The van der Waals surface area contributed by atoms with Crippen LogP contribution in [-0.4, -0.2) is 78.6 Å². The molecular weight excluding hydrogens is 622 g/mol. The number of hydrogen-bond acceptors (Lipinski definition) is 10. The van der Waals surface area contributed by atoms with Gasteiger partial charge in [0.2, 0.25) is 0 Å². The van der Waals surface area contributed by atoms with Crippen LogP contribution in [0.25, 0.3) is 0 Å². The van der Waals surface area contributed by atoms with Gasteiger partial charge in [-0.05, 0) is 41.0 Å². The van der Waals surface area contributed by atoms with Crippen LogP contribution >= 0.6 is 0 Å². The summed E-state index contributed by atoms with van der Waals surface area (Å²) >= 11 is 0. The number of carbonyl (C=O) groups is 2. The maximum absolute atomic E-state index is 12.8. The Kier molecular flexibility index (Phi) is 10.7. The molecule has 0 unspecified atom stereocenters. The summed E-state index contributed by atoms with van der Waals surface area (Å²) < 4.78 is 24.9. The first kappa shape index (κ1) is 34.1. The van der Waals surface area contributed by atoms with Crippen molar-refractivity contribution in [3.8, 4) is 11.5 Å². The fourth-order valence-corrected chi connectivity index (χ4v) is 5.67. The Morgan fingerprint density at radius 3 is 2.02 bits per heavy atom. The minimum absolute atomic E-state index is 0.0491. The van der Waals surface area contributed by atoms with Gasteiger partial charge in [0.05, 0.1) is 20.8 Å². The van der Waals surface area contributed by atoms with Gasteiger partial charge in [0.15, 0.2) is 6.23 Å². The second kappa shape index (κ2) is 15.1. The summed E-state index contributed by atoms with van der Waals surface area (Å²) in [6.07, 6.45) is -2.75. The number of carbonyl (C=O) groups excluding carboxylic acids is 2. The van der Waals surface area contributed by atoms with Crippen LogP contribution in [-0.2, 0) is 24.7 Å². The highest BCUT2D eigenvalue weighted by atomic mass is 16.6. The molecule has 2 amide bonds. The standard InChI is InChI=1S/C34H37N5O9/c1-45-24-12-8-22(9-13-24)34(21-6-4-3-5-7-21,23-10-14-25(46-2)15-11-23)47-20-26-29(41)28(38-31(43)30(42)36-18-17-35)32(48-26)39-19-16-27(40)37-33(39)44/h3-16,19,26,28-29,32,41H,17-18,20,35H2,1-2H3,(H,36,42)(H,38,43)(H,37,40,44)/t26-,28-,29-,32-/m1/s1. The van der Waals surface area contributed by atoms with E-state index >= 15 is 0 Å². The molecule has 0 radical (unpaired) electrons. The van der Waals surface area contributed by atoms with Crippen LogP contribution in [0.2, 0.25) is 0 Å². The lowest BCUT2D eigenvalue weighted by molar-refractivity contribution is -0.140. The first-order chi connectivity index (χ1) is 23.2. The first-order valence-corrected chi connectivity index (χ1v) is 15.1. The molecule has 3 aromatic carbocycles. The molecule has 4 atom stereocenters. The quantitative estimate of drug-likeness (QED) is 0.105. The van der Waals surface area contributed by atoms with Crippen molar-refractivity contribution in [1.82, 2.24) is 20.2 Å². The van der Waals surface area contributed by atoms with Gasteiger partial charge in [0.25, 0.3) is 5.56 Å². The smallest absolute Gasteiger partial charge is 0.330 e. The molecule has 5 rings (SSSR count). The van der Waals surface area contributed by atoms with Crippen LogP contribution < -0.4 is 37.1 Å². The summed E-state index contributed by atoms with van der Waals surface area (Å²) in [5.74, 6) is -0.793. The largest absolute Gasteiger partial charge is 0.497 e. The Morgan fingerprint density at radius 2 is 1.48 bits per heavy atom. The van der Waals surface area contributed by atoms with E-state index in [0.29, 0.717) is 11.5 Å². The van der Waals surface area contributed by atoms with Gasteiger partial charge in [-0.25, -0.2) is 4.79 Å². The van der Waals surface area contributed by atoms with Crippen molar-refractivity contribution >= 4 is 11.8 Å². The van der Waals surface area contributed by atoms with Gasteiger partial charge in [-0.1, -0.05) is 54.6 Å². The molecule has 0 saturated carbocycles. The van der Waals surface area contributed by atoms with Crippen LogP contribution in [0.1, 0.15) is 22.9 Å². The Labute approximate surface area is 275 Å². The molecule has 252 valence electrons. The fourth-order valence-electron chi connectivity index (χ4n) is 5.67. The Balaban J connectivity index is 1.55. The minimum atomic E-state index is -1.47. The molecule has 1 aromatic heterocycles. The average Bonchev–Trinajstić information content (AvgIpc) is 3.42. The topological polar surface area (TPSA) is 196 Å². The summed E-state index contributed by atoms with van der Waals surface area (Å²) in [5.41, 5.74) is 4.87. The number of nitrogens with one attached hydrogen (secondary N) is 3. The first-order valence-electron chi connectivity index (χ1n) is 15.1. The third-order valence-corrected chi connectivity index (χ3v) is 8.07. The zero-order chi connectivity index (χ0) is 34.3. The van der Waals surface area contributed by atoms with E-state index < -0.39 is 53.1 Å². The van der Waals surface area contributed by atoms with Gasteiger partial charge in [0.1, 0.15) is 35.3 Å². The van der Waals surface area contributed by atoms with Crippen molar-refractivity contribution in [2.45, 2.75) is 30.1 Å². The van der Waals surface area contributed by atoms with Crippen LogP contribution in [0.3, 0.4) is 0 Å². The number of benzene rings is 3. The Morgan fingerprint density at radius 1 is 0.896 bits per heavy atom. The van der Waals surface area contributed by atoms with Crippen LogP contribution in [0.4, 0.5) is 0 Å². The second-order valence-electron chi connectivity index (χ2n) is 10.9. The third kappa shape index (κ3) is 7.01. The second-order valence-corrected chi connectivity index (χ2v) is 10.9.